The second-order valence-corrected chi connectivity index (χ2v) is 15.9. The molecule has 0 radical (unpaired) electrons. The number of hydrogen-bond donors (Lipinski definition) is 2. The van der Waals surface area contributed by atoms with Crippen LogP contribution in [0.25, 0.3) is 10.8 Å². The lowest BCUT2D eigenvalue weighted by molar-refractivity contribution is -0.384. The van der Waals surface area contributed by atoms with Crippen LogP contribution >= 0.6 is 34.7 Å². The van der Waals surface area contributed by atoms with E-state index in [9.17, 15) is 29.3 Å². The summed E-state index contributed by atoms with van der Waals surface area (Å²) in [6.07, 6.45) is 0.670. The van der Waals surface area contributed by atoms with Crippen molar-refractivity contribution in [3.8, 4) is 5.75 Å². The lowest BCUT2D eigenvalue weighted by Gasteiger charge is -2.43. The number of H-pyrrole nitrogens is 1. The molecule has 2 saturated carbocycles. The molecule has 11 nitrogen and oxygen atoms in total. The van der Waals surface area contributed by atoms with Crippen LogP contribution in [0.15, 0.2) is 94.7 Å². The number of carbonyl (C=O) groups is 3. The first-order valence-electron chi connectivity index (χ1n) is 16.4. The molecular weight excluding hydrogens is 712 g/mol. The first kappa shape index (κ1) is 32.0. The number of aromatic amines is 1. The minimum atomic E-state index is -0.575. The van der Waals surface area contributed by atoms with E-state index in [0.717, 1.165) is 32.0 Å². The number of imide groups is 1. The van der Waals surface area contributed by atoms with Crippen LogP contribution < -0.4 is 19.8 Å². The third-order valence-electron chi connectivity index (χ3n) is 10.8. The molecule has 2 bridgehead atoms. The summed E-state index contributed by atoms with van der Waals surface area (Å²) >= 11 is 9.28. The molecule has 3 fully saturated rings. The lowest BCUT2D eigenvalue weighted by atomic mass is 9.68. The molecule has 2 aliphatic carbocycles. The first-order valence-corrected chi connectivity index (χ1v) is 18.5. The van der Waals surface area contributed by atoms with E-state index in [1.807, 2.05) is 42.5 Å². The van der Waals surface area contributed by atoms with Gasteiger partial charge in [-0.15, -0.1) is 11.8 Å². The van der Waals surface area contributed by atoms with Gasteiger partial charge in [0, 0.05) is 49.8 Å². The Morgan fingerprint density at radius 2 is 1.73 bits per heavy atom. The van der Waals surface area contributed by atoms with E-state index in [-0.39, 0.29) is 57.9 Å². The number of carbonyl (C=O) groups excluding carboxylic acids is 3. The maximum Gasteiger partial charge on any atom is 0.305 e. The van der Waals surface area contributed by atoms with E-state index >= 15 is 0 Å². The number of nitro benzene ring substituents is 1. The number of hydrogen-bond acceptors (Lipinski definition) is 9. The maximum atomic E-state index is 14.1. The summed E-state index contributed by atoms with van der Waals surface area (Å²) in [5.41, 5.74) is 1.56. The molecule has 4 aromatic carbocycles. The number of ether oxygens (including phenoxy) is 1. The van der Waals surface area contributed by atoms with Crippen LogP contribution in [0.2, 0.25) is 5.02 Å². The number of thioether (sulfide) groups is 1. The van der Waals surface area contributed by atoms with E-state index in [2.05, 4.69) is 10.3 Å². The number of thiazole rings is 1. The number of nitrogens with one attached hydrogen (secondary N) is 2. The fourth-order valence-electron chi connectivity index (χ4n) is 8.90. The first-order chi connectivity index (χ1) is 24.7. The Labute approximate surface area is 303 Å². The third kappa shape index (κ3) is 5.08. The molecule has 2 aliphatic heterocycles. The van der Waals surface area contributed by atoms with Gasteiger partial charge >= 0.3 is 4.87 Å². The summed E-state index contributed by atoms with van der Waals surface area (Å²) in [6.45, 7) is -0.280. The van der Waals surface area contributed by atoms with Crippen LogP contribution in [-0.4, -0.2) is 39.5 Å². The van der Waals surface area contributed by atoms with E-state index in [1.54, 1.807) is 30.0 Å². The van der Waals surface area contributed by atoms with Gasteiger partial charge in [-0.05, 0) is 66.0 Å². The Bertz CT molecular complexity index is 2360. The second kappa shape index (κ2) is 12.1. The monoisotopic (exact) mass is 738 g/mol. The Hall–Kier alpha value is -4.98. The number of rotatable bonds is 7. The molecule has 5 aromatic rings. The number of fused-ring (bicyclic) bond motifs is 10. The minimum absolute atomic E-state index is 0.0888. The molecule has 3 heterocycles. The van der Waals surface area contributed by atoms with E-state index in [1.165, 1.54) is 29.2 Å². The Morgan fingerprint density at radius 3 is 2.51 bits per heavy atom. The van der Waals surface area contributed by atoms with Crippen LogP contribution in [0.1, 0.15) is 22.8 Å². The predicted octanol–water partition coefficient (Wildman–Crippen LogP) is 6.85. The molecule has 4 aliphatic rings. The summed E-state index contributed by atoms with van der Waals surface area (Å²) in [7, 11) is 0. The van der Waals surface area contributed by atoms with Gasteiger partial charge in [0.1, 0.15) is 5.75 Å². The van der Waals surface area contributed by atoms with Crippen molar-refractivity contribution in [1.29, 1.82) is 0 Å². The number of benzene rings is 4. The Kier molecular flexibility index (Phi) is 7.56. The van der Waals surface area contributed by atoms with Gasteiger partial charge in [0.05, 0.1) is 27.5 Å². The molecule has 2 N–H and O–H groups in total. The van der Waals surface area contributed by atoms with Gasteiger partial charge in [0.25, 0.3) is 11.6 Å². The van der Waals surface area contributed by atoms with Crippen molar-refractivity contribution in [2.24, 2.45) is 29.6 Å². The molecule has 51 heavy (non-hydrogen) atoms. The lowest BCUT2D eigenvalue weighted by Crippen LogP contribution is -2.42. The van der Waals surface area contributed by atoms with Crippen LogP contribution in [-0.2, 0) is 14.4 Å². The predicted molar refractivity (Wildman–Crippen MR) is 194 cm³/mol. The Morgan fingerprint density at radius 1 is 0.980 bits per heavy atom. The fraction of sp³-hybridized carbons (Fsp3) is 0.243. The van der Waals surface area contributed by atoms with Gasteiger partial charge in [-0.1, -0.05) is 59.3 Å². The highest BCUT2D eigenvalue weighted by Crippen LogP contribution is 2.69. The number of nitro groups is 1. The molecule has 3 amide bonds. The van der Waals surface area contributed by atoms with Crippen molar-refractivity contribution in [1.82, 2.24) is 4.98 Å². The molecular formula is C37H27ClN4O7S2. The number of nitrogens with zero attached hydrogens (tertiary/aromatic N) is 2. The summed E-state index contributed by atoms with van der Waals surface area (Å²) in [6, 6.07) is 24.1. The zero-order valence-electron chi connectivity index (χ0n) is 26.5. The average molecular weight is 739 g/mol. The van der Waals surface area contributed by atoms with Gasteiger partial charge in [-0.25, -0.2) is 0 Å². The number of amides is 3. The van der Waals surface area contributed by atoms with Gasteiger partial charge < -0.3 is 15.0 Å². The van der Waals surface area contributed by atoms with Crippen LogP contribution in [0.5, 0.6) is 5.75 Å². The van der Waals surface area contributed by atoms with E-state index in [4.69, 9.17) is 16.3 Å². The van der Waals surface area contributed by atoms with Gasteiger partial charge in [0.15, 0.2) is 6.61 Å². The SMILES string of the molecule is O=C(COc1ccc(Cl)cc1[C@H]1c2sc(=O)[nH]c2SC2C3CC(C4C(=O)N(c5ccc([N+](=O)[O-])cc5)C(=O)C34)C21)Nc1cccc2ccccc12. The fourth-order valence-corrected chi connectivity index (χ4v) is 12.0. The quantitative estimate of drug-likeness (QED) is 0.105. The smallest absolute Gasteiger partial charge is 0.305 e. The normalized spacial score (nSPS) is 25.8. The highest BCUT2D eigenvalue weighted by molar-refractivity contribution is 8.00. The number of anilines is 2. The van der Waals surface area contributed by atoms with Gasteiger partial charge in [-0.2, -0.15) is 0 Å². The molecule has 0 spiro atoms. The van der Waals surface area contributed by atoms with Crippen molar-refractivity contribution in [2.45, 2.75) is 22.6 Å². The van der Waals surface area contributed by atoms with Gasteiger partial charge in [-0.3, -0.25) is 34.2 Å². The largest absolute Gasteiger partial charge is 0.483 e. The standard InChI is InChI=1S/C37H27ClN4O7S2/c38-18-8-13-26(49-16-27(43)39-25-7-3-5-17-4-1-2-6-21(17)25)22(14-18)28-29-23-15-24(32(29)50-34-33(28)51-37(46)40-34)31-30(23)35(44)41(36(31)45)19-9-11-20(12-10-19)42(47)48/h1-14,23-24,28-32H,15-16H2,(H,39,43)(H,40,46)/t23?,24?,28-,29?,30?,31?,32?/m1/s1. The summed E-state index contributed by atoms with van der Waals surface area (Å²) < 4.78 is 6.23. The van der Waals surface area contributed by atoms with E-state index in [0.29, 0.717) is 34.1 Å². The molecule has 1 saturated heterocycles. The summed E-state index contributed by atoms with van der Waals surface area (Å²) in [5, 5.41) is 17.2. The topological polar surface area (TPSA) is 152 Å². The molecule has 256 valence electrons. The zero-order valence-corrected chi connectivity index (χ0v) is 28.9. The molecule has 14 heteroatoms. The highest BCUT2D eigenvalue weighted by atomic mass is 35.5. The van der Waals surface area contributed by atoms with Crippen LogP contribution in [0, 0.1) is 39.7 Å². The molecule has 9 rings (SSSR count). The third-order valence-corrected chi connectivity index (χ3v) is 13.6. The number of halogens is 1. The van der Waals surface area contributed by atoms with Gasteiger partial charge in [0.2, 0.25) is 11.8 Å². The summed E-state index contributed by atoms with van der Waals surface area (Å²) in [5.74, 6) is -2.48. The minimum Gasteiger partial charge on any atom is -0.483 e. The second-order valence-electron chi connectivity index (χ2n) is 13.3. The van der Waals surface area contributed by atoms with Crippen LogP contribution in [0.3, 0.4) is 0 Å². The van der Waals surface area contributed by atoms with Crippen molar-refractivity contribution in [3.05, 3.63) is 120 Å². The van der Waals surface area contributed by atoms with Crippen LogP contribution in [0.4, 0.5) is 17.1 Å². The maximum absolute atomic E-state index is 14.1. The van der Waals surface area contributed by atoms with Crippen molar-refractivity contribution in [2.75, 3.05) is 16.8 Å². The van der Waals surface area contributed by atoms with Crippen molar-refractivity contribution >= 4 is 80.3 Å². The van der Waals surface area contributed by atoms with E-state index < -0.39 is 22.7 Å². The average Bonchev–Trinajstić information content (AvgIpc) is 3.86. The zero-order chi connectivity index (χ0) is 35.1. The molecule has 1 aromatic heterocycles. The highest BCUT2D eigenvalue weighted by Gasteiger charge is 2.70. The Balaban J connectivity index is 1.04. The number of aromatic nitrogens is 1. The van der Waals surface area contributed by atoms with Crippen molar-refractivity contribution in [3.63, 3.8) is 0 Å². The number of non-ortho nitro benzene ring substituents is 1. The summed E-state index contributed by atoms with van der Waals surface area (Å²) in [4.78, 5) is 69.6. The molecule has 6 unspecified atom stereocenters. The van der Waals surface area contributed by atoms with Crippen molar-refractivity contribution < 1.29 is 24.0 Å². The molecule has 7 atom stereocenters.